The zero-order valence-corrected chi connectivity index (χ0v) is 26.4. The maximum atomic E-state index is 14.0. The Balaban J connectivity index is 1.38. The van der Waals surface area contributed by atoms with Crippen LogP contribution in [0.2, 0.25) is 0 Å². The average Bonchev–Trinajstić information content (AvgIpc) is 3.62. The summed E-state index contributed by atoms with van der Waals surface area (Å²) >= 11 is 0. The van der Waals surface area contributed by atoms with E-state index in [-0.39, 0.29) is 55.8 Å². The van der Waals surface area contributed by atoms with Crippen LogP contribution in [0.4, 0.5) is 0 Å². The molecule has 6 rings (SSSR count). The van der Waals surface area contributed by atoms with Gasteiger partial charge in [0.25, 0.3) is 0 Å². The smallest absolute Gasteiger partial charge is 0.306 e. The number of carbonyl (C=O) groups excluding carboxylic acids is 4. The van der Waals surface area contributed by atoms with E-state index in [4.69, 9.17) is 14.5 Å². The number of ketones is 2. The Kier molecular flexibility index (Phi) is 8.89. The van der Waals surface area contributed by atoms with Crippen LogP contribution >= 0.6 is 0 Å². The lowest BCUT2D eigenvalue weighted by Crippen LogP contribution is -2.44. The van der Waals surface area contributed by atoms with Crippen molar-refractivity contribution in [3.8, 4) is 17.0 Å². The highest BCUT2D eigenvalue weighted by Gasteiger charge is 2.58. The number of pyridine rings is 1. The van der Waals surface area contributed by atoms with E-state index in [0.29, 0.717) is 18.6 Å². The second kappa shape index (κ2) is 13.0. The topological polar surface area (TPSA) is 103 Å². The van der Waals surface area contributed by atoms with Gasteiger partial charge in [0.2, 0.25) is 5.91 Å². The van der Waals surface area contributed by atoms with E-state index >= 15 is 0 Å². The van der Waals surface area contributed by atoms with Crippen molar-refractivity contribution in [2.75, 3.05) is 13.2 Å². The summed E-state index contributed by atoms with van der Waals surface area (Å²) < 4.78 is 12.1. The molecule has 238 valence electrons. The lowest BCUT2D eigenvalue weighted by Gasteiger charge is -2.27. The minimum absolute atomic E-state index is 0.0375. The molecule has 0 N–H and O–H groups in total. The van der Waals surface area contributed by atoms with Gasteiger partial charge in [-0.2, -0.15) is 0 Å². The number of allylic oxidation sites excluding steroid dienone is 2. The highest BCUT2D eigenvalue weighted by Crippen LogP contribution is 2.57. The first kappa shape index (κ1) is 31.4. The second-order valence-corrected chi connectivity index (χ2v) is 12.9. The molecular formula is C38H40N2O6. The van der Waals surface area contributed by atoms with Crippen molar-refractivity contribution < 1.29 is 28.7 Å². The fourth-order valence-electron chi connectivity index (χ4n) is 6.87. The SMILES string of the molecule is C=C[C@@H]1C[C@]1(CC(=O)[C@@H]1C[C@@H]2CN1C(=O)[C@H](C)CC(=O)OCCC/C=C/c1ccc3nc(-c4ccccc4)cc(c3c1)O2)C(C)=O. The molecule has 0 spiro atoms. The number of amides is 1. The number of rotatable bonds is 6. The van der Waals surface area contributed by atoms with Gasteiger partial charge in [-0.3, -0.25) is 19.2 Å². The number of aromatic nitrogens is 1. The predicted molar refractivity (Wildman–Crippen MR) is 176 cm³/mol. The molecule has 46 heavy (non-hydrogen) atoms. The Morgan fingerprint density at radius 3 is 2.67 bits per heavy atom. The molecule has 2 aromatic carbocycles. The van der Waals surface area contributed by atoms with E-state index in [2.05, 4.69) is 6.58 Å². The van der Waals surface area contributed by atoms with E-state index in [1.54, 1.807) is 17.9 Å². The average molecular weight is 621 g/mol. The van der Waals surface area contributed by atoms with Crippen LogP contribution in [0.1, 0.15) is 57.9 Å². The fourth-order valence-corrected chi connectivity index (χ4v) is 6.87. The molecule has 2 aliphatic heterocycles. The van der Waals surface area contributed by atoms with Gasteiger partial charge in [-0.15, -0.1) is 6.58 Å². The summed E-state index contributed by atoms with van der Waals surface area (Å²) in [6.07, 6.45) is 7.54. The van der Waals surface area contributed by atoms with Gasteiger partial charge in [-0.05, 0) is 49.8 Å². The predicted octanol–water partition coefficient (Wildman–Crippen LogP) is 6.37. The maximum Gasteiger partial charge on any atom is 0.306 e. The highest BCUT2D eigenvalue weighted by atomic mass is 16.5. The Morgan fingerprint density at radius 2 is 1.93 bits per heavy atom. The van der Waals surface area contributed by atoms with Gasteiger partial charge in [0.15, 0.2) is 5.78 Å². The number of cyclic esters (lactones) is 1. The molecule has 2 fully saturated rings. The molecule has 1 aliphatic carbocycles. The van der Waals surface area contributed by atoms with Crippen molar-refractivity contribution >= 4 is 40.4 Å². The number of ether oxygens (including phenoxy) is 2. The number of nitrogens with zero attached hydrogens (tertiary/aromatic N) is 2. The van der Waals surface area contributed by atoms with Crippen LogP contribution in [0, 0.1) is 17.3 Å². The summed E-state index contributed by atoms with van der Waals surface area (Å²) in [5.41, 5.74) is 2.69. The molecule has 1 aromatic heterocycles. The molecule has 1 amide bonds. The van der Waals surface area contributed by atoms with Crippen molar-refractivity contribution in [2.24, 2.45) is 17.3 Å². The summed E-state index contributed by atoms with van der Waals surface area (Å²) in [5.74, 6) is -1.06. The number of hydrogen-bond acceptors (Lipinski definition) is 7. The summed E-state index contributed by atoms with van der Waals surface area (Å²) in [4.78, 5) is 59.6. The normalized spacial score (nSPS) is 27.3. The quantitative estimate of drug-likeness (QED) is 0.233. The van der Waals surface area contributed by atoms with Crippen LogP contribution in [0.25, 0.3) is 28.2 Å². The van der Waals surface area contributed by atoms with Crippen LogP contribution in [0.15, 0.2) is 73.3 Å². The van der Waals surface area contributed by atoms with Gasteiger partial charge in [0.05, 0.1) is 36.8 Å². The maximum absolute atomic E-state index is 14.0. The monoisotopic (exact) mass is 620 g/mol. The summed E-state index contributed by atoms with van der Waals surface area (Å²) in [5, 5.41) is 0.834. The fraction of sp³-hybridized carbons (Fsp3) is 0.395. The molecule has 3 aliphatic rings. The van der Waals surface area contributed by atoms with Crippen LogP contribution in [0.5, 0.6) is 5.75 Å². The Morgan fingerprint density at radius 1 is 1.13 bits per heavy atom. The zero-order chi connectivity index (χ0) is 32.4. The summed E-state index contributed by atoms with van der Waals surface area (Å²) in [6.45, 7) is 7.50. The Bertz CT molecular complexity index is 1710. The number of esters is 1. The van der Waals surface area contributed by atoms with Crippen LogP contribution in [-0.2, 0) is 23.9 Å². The minimum Gasteiger partial charge on any atom is -0.488 e. The summed E-state index contributed by atoms with van der Waals surface area (Å²) in [7, 11) is 0. The van der Waals surface area contributed by atoms with E-state index < -0.39 is 29.4 Å². The standard InChI is InChI=1S/C38H40N2O6/c1-4-28-21-38(28,25(3)41)22-34(42)33-19-29-23-40(33)37(44)24(2)17-36(43)45-16-10-6-7-11-26-14-15-31-30(18-26)35(46-29)20-32(39-31)27-12-8-5-9-13-27/h4-5,7-9,11-15,18,20,24,28-29,33H,1,6,10,16-17,19,21-23H2,2-3H3/b11-7+/t24-,28-,29-,33+,38+/m1/s1. The first-order valence-electron chi connectivity index (χ1n) is 16.1. The third-order valence-corrected chi connectivity index (χ3v) is 9.67. The third-order valence-electron chi connectivity index (χ3n) is 9.67. The molecule has 5 atom stereocenters. The molecule has 3 heterocycles. The number of fused-ring (bicyclic) bond motifs is 3. The van der Waals surface area contributed by atoms with Crippen molar-refractivity contribution in [2.45, 2.75) is 64.5 Å². The Hall–Kier alpha value is -4.59. The van der Waals surface area contributed by atoms with Crippen molar-refractivity contribution in [3.05, 3.63) is 78.9 Å². The zero-order valence-electron chi connectivity index (χ0n) is 26.4. The molecular weight excluding hydrogens is 580 g/mol. The number of hydrogen-bond donors (Lipinski definition) is 0. The minimum atomic E-state index is -0.777. The van der Waals surface area contributed by atoms with Gasteiger partial charge in [0, 0.05) is 41.2 Å². The van der Waals surface area contributed by atoms with Gasteiger partial charge in [-0.1, -0.05) is 61.5 Å². The third kappa shape index (κ3) is 6.39. The lowest BCUT2D eigenvalue weighted by molar-refractivity contribution is -0.149. The second-order valence-electron chi connectivity index (χ2n) is 12.9. The molecule has 8 heteroatoms. The van der Waals surface area contributed by atoms with E-state index in [0.717, 1.165) is 34.1 Å². The van der Waals surface area contributed by atoms with Gasteiger partial charge >= 0.3 is 5.97 Å². The number of carbonyl (C=O) groups is 4. The molecule has 0 unspecified atom stereocenters. The summed E-state index contributed by atoms with van der Waals surface area (Å²) in [6, 6.07) is 17.0. The molecule has 1 saturated heterocycles. The number of Topliss-reactive ketones (excluding diaryl/α,β-unsaturated/α-hetero) is 2. The molecule has 0 radical (unpaired) electrons. The van der Waals surface area contributed by atoms with Gasteiger partial charge in [0.1, 0.15) is 17.6 Å². The van der Waals surface area contributed by atoms with Gasteiger partial charge < -0.3 is 14.4 Å². The van der Waals surface area contributed by atoms with Crippen molar-refractivity contribution in [1.29, 1.82) is 0 Å². The molecule has 1 saturated carbocycles. The van der Waals surface area contributed by atoms with Crippen LogP contribution in [-0.4, -0.2) is 58.6 Å². The highest BCUT2D eigenvalue weighted by molar-refractivity contribution is 5.97. The largest absolute Gasteiger partial charge is 0.488 e. The van der Waals surface area contributed by atoms with Crippen LogP contribution in [0.3, 0.4) is 0 Å². The van der Waals surface area contributed by atoms with Gasteiger partial charge in [-0.25, -0.2) is 4.98 Å². The van der Waals surface area contributed by atoms with E-state index in [1.807, 2.05) is 66.7 Å². The molecule has 8 nitrogen and oxygen atoms in total. The lowest BCUT2D eigenvalue weighted by atomic mass is 9.89. The first-order valence-corrected chi connectivity index (χ1v) is 16.1. The number of benzene rings is 2. The molecule has 3 aromatic rings. The van der Waals surface area contributed by atoms with Crippen LogP contribution < -0.4 is 4.74 Å². The first-order chi connectivity index (χ1) is 22.2. The van der Waals surface area contributed by atoms with Crippen molar-refractivity contribution in [3.63, 3.8) is 0 Å². The van der Waals surface area contributed by atoms with E-state index in [9.17, 15) is 19.2 Å². The van der Waals surface area contributed by atoms with E-state index in [1.165, 1.54) is 6.92 Å². The Labute approximate surface area is 269 Å². The van der Waals surface area contributed by atoms with Crippen molar-refractivity contribution in [1.82, 2.24) is 9.88 Å². The molecule has 4 bridgehead atoms.